The fraction of sp³-hybridized carbons (Fsp3) is 0.611. The minimum absolute atomic E-state index is 0.308. The van der Waals surface area contributed by atoms with E-state index in [-0.39, 0.29) is 0 Å². The minimum atomic E-state index is -0.656. The first-order chi connectivity index (χ1) is 11.5. The maximum Gasteiger partial charge on any atom is 0.437 e. The molecule has 1 rings (SSSR count). The third kappa shape index (κ3) is 9.55. The largest absolute Gasteiger partial charge is 0.472 e. The van der Waals surface area contributed by atoms with E-state index in [1.807, 2.05) is 12.1 Å². The van der Waals surface area contributed by atoms with Crippen LogP contribution in [0.1, 0.15) is 46.5 Å². The molecule has 0 fully saturated rings. The summed E-state index contributed by atoms with van der Waals surface area (Å²) in [4.78, 5) is 20.1. The zero-order valence-electron chi connectivity index (χ0n) is 15.0. The van der Waals surface area contributed by atoms with E-state index in [4.69, 9.17) is 4.74 Å². The van der Waals surface area contributed by atoms with E-state index < -0.39 is 6.09 Å². The first-order valence-corrected chi connectivity index (χ1v) is 9.20. The summed E-state index contributed by atoms with van der Waals surface area (Å²) in [5.74, 6) is 1.35. The summed E-state index contributed by atoms with van der Waals surface area (Å²) >= 11 is 1.29. The zero-order chi connectivity index (χ0) is 17.8. The summed E-state index contributed by atoms with van der Waals surface area (Å²) in [5.41, 5.74) is 0. The number of hydrogen-bond acceptors (Lipinski definition) is 5. The average Bonchev–Trinajstić information content (AvgIpc) is 2.55. The van der Waals surface area contributed by atoms with E-state index >= 15 is 0 Å². The second-order valence-electron chi connectivity index (χ2n) is 6.20. The number of carbonyl (C=O) groups is 1. The third-order valence-corrected chi connectivity index (χ3v) is 4.42. The molecule has 0 aliphatic rings. The van der Waals surface area contributed by atoms with Gasteiger partial charge < -0.3 is 9.47 Å². The predicted octanol–water partition coefficient (Wildman–Crippen LogP) is 5.17. The number of hydrogen-bond donors (Lipinski definition) is 0. The first kappa shape index (κ1) is 20.5. The van der Waals surface area contributed by atoms with Crippen LogP contribution < -0.4 is 0 Å². The molecule has 134 valence electrons. The summed E-state index contributed by atoms with van der Waals surface area (Å²) in [5, 5.41) is 0.308. The molecule has 6 heteroatoms. The van der Waals surface area contributed by atoms with E-state index in [0.29, 0.717) is 17.8 Å². The first-order valence-electron chi connectivity index (χ1n) is 8.38. The number of aromatic nitrogens is 1. The monoisotopic (exact) mass is 352 g/mol. The zero-order valence-corrected chi connectivity index (χ0v) is 15.8. The van der Waals surface area contributed by atoms with E-state index in [1.165, 1.54) is 38.1 Å². The van der Waals surface area contributed by atoms with Crippen LogP contribution >= 0.6 is 11.8 Å². The standard InChI is InChI=1S/C18H28N2O3S/c1-14(2)6-5-7-15(3)10-13-23-18(20-17(21)22-4)24-16-8-11-19-12-9-16/h8-9,11-12,14-15H,5-7,10,13H2,1-4H3/b20-18-. The van der Waals surface area contributed by atoms with Crippen molar-refractivity contribution in [3.63, 3.8) is 0 Å². The molecule has 0 N–H and O–H groups in total. The molecule has 0 bridgehead atoms. The number of thioether (sulfide) groups is 1. The summed E-state index contributed by atoms with van der Waals surface area (Å²) in [6.45, 7) is 7.27. The van der Waals surface area contributed by atoms with Crippen molar-refractivity contribution < 1.29 is 14.3 Å². The van der Waals surface area contributed by atoms with Crippen LogP contribution in [-0.4, -0.2) is 30.0 Å². The van der Waals surface area contributed by atoms with Crippen LogP contribution in [-0.2, 0) is 9.47 Å². The van der Waals surface area contributed by atoms with E-state index in [0.717, 1.165) is 17.2 Å². The van der Waals surface area contributed by atoms with Crippen LogP contribution in [0.25, 0.3) is 0 Å². The second kappa shape index (κ2) is 11.9. The SMILES string of the molecule is COC(=O)/N=C(/OCCC(C)CCCC(C)C)Sc1ccncc1. The highest BCUT2D eigenvalue weighted by Gasteiger charge is 2.10. The van der Waals surface area contributed by atoms with Gasteiger partial charge in [0.2, 0.25) is 0 Å². The quantitative estimate of drug-likeness (QED) is 0.367. The Bertz CT molecular complexity index is 506. The fourth-order valence-electron chi connectivity index (χ4n) is 2.08. The molecule has 1 amide bonds. The Labute approximate surface area is 149 Å². The van der Waals surface area contributed by atoms with Gasteiger partial charge in [-0.3, -0.25) is 4.98 Å². The Kier molecular flexibility index (Phi) is 10.2. The van der Waals surface area contributed by atoms with Gasteiger partial charge in [0.05, 0.1) is 13.7 Å². The highest BCUT2D eigenvalue weighted by molar-refractivity contribution is 8.13. The Balaban J connectivity index is 2.45. The van der Waals surface area contributed by atoms with Crippen LogP contribution in [0.2, 0.25) is 0 Å². The van der Waals surface area contributed by atoms with E-state index in [1.54, 1.807) is 12.4 Å². The molecule has 1 atom stereocenters. The Morgan fingerprint density at radius 2 is 1.92 bits per heavy atom. The molecule has 1 heterocycles. The van der Waals surface area contributed by atoms with E-state index in [9.17, 15) is 4.79 Å². The van der Waals surface area contributed by atoms with Gasteiger partial charge in [0.15, 0.2) is 0 Å². The number of nitrogens with zero attached hydrogens (tertiary/aromatic N) is 2. The summed E-state index contributed by atoms with van der Waals surface area (Å²) < 4.78 is 10.3. The summed E-state index contributed by atoms with van der Waals surface area (Å²) in [6, 6.07) is 3.69. The van der Waals surface area contributed by atoms with Gasteiger partial charge in [-0.25, -0.2) is 4.79 Å². The lowest BCUT2D eigenvalue weighted by Crippen LogP contribution is -2.09. The number of methoxy groups -OCH3 is 1. The van der Waals surface area contributed by atoms with Crippen molar-refractivity contribution in [3.8, 4) is 0 Å². The molecule has 24 heavy (non-hydrogen) atoms. The molecule has 5 nitrogen and oxygen atoms in total. The number of pyridine rings is 1. The van der Waals surface area contributed by atoms with Crippen molar-refractivity contribution in [1.82, 2.24) is 4.98 Å². The second-order valence-corrected chi connectivity index (χ2v) is 7.22. The van der Waals surface area contributed by atoms with Gasteiger partial charge in [-0.1, -0.05) is 40.0 Å². The highest BCUT2D eigenvalue weighted by atomic mass is 32.2. The molecule has 1 unspecified atom stereocenters. The molecular weight excluding hydrogens is 324 g/mol. The van der Waals surface area contributed by atoms with Crippen molar-refractivity contribution in [2.24, 2.45) is 16.8 Å². The highest BCUT2D eigenvalue weighted by Crippen LogP contribution is 2.21. The Hall–Kier alpha value is -1.56. The van der Waals surface area contributed by atoms with Crippen LogP contribution in [0.5, 0.6) is 0 Å². The smallest absolute Gasteiger partial charge is 0.437 e. The van der Waals surface area contributed by atoms with E-state index in [2.05, 4.69) is 35.5 Å². The molecule has 0 aromatic carbocycles. The number of carbonyl (C=O) groups excluding carboxylic acids is 1. The van der Waals surface area contributed by atoms with Gasteiger partial charge >= 0.3 is 6.09 Å². The van der Waals surface area contributed by atoms with Gasteiger partial charge in [0, 0.05) is 17.3 Å². The molecule has 1 aromatic rings. The van der Waals surface area contributed by atoms with Crippen LogP contribution in [0.15, 0.2) is 34.4 Å². The summed E-state index contributed by atoms with van der Waals surface area (Å²) in [6.07, 6.45) is 7.37. The molecule has 0 saturated carbocycles. The predicted molar refractivity (Wildman–Crippen MR) is 98.4 cm³/mol. The molecular formula is C18H28N2O3S. The van der Waals surface area contributed by atoms with Crippen molar-refractivity contribution in [1.29, 1.82) is 0 Å². The molecule has 0 aliphatic carbocycles. The Morgan fingerprint density at radius 1 is 1.21 bits per heavy atom. The van der Waals surface area contributed by atoms with Gasteiger partial charge in [0.1, 0.15) is 0 Å². The number of ether oxygens (including phenoxy) is 2. The van der Waals surface area contributed by atoms with Crippen LogP contribution in [0, 0.1) is 11.8 Å². The maximum absolute atomic E-state index is 11.4. The fourth-order valence-corrected chi connectivity index (χ4v) is 2.80. The van der Waals surface area contributed by atoms with Crippen LogP contribution in [0.3, 0.4) is 0 Å². The lowest BCUT2D eigenvalue weighted by Gasteiger charge is -2.13. The van der Waals surface area contributed by atoms with Gasteiger partial charge in [0.25, 0.3) is 5.23 Å². The molecule has 0 radical (unpaired) electrons. The van der Waals surface area contributed by atoms with Crippen molar-refractivity contribution in [2.75, 3.05) is 13.7 Å². The number of amides is 1. The van der Waals surface area contributed by atoms with Crippen molar-refractivity contribution in [2.45, 2.75) is 51.3 Å². The molecule has 1 aromatic heterocycles. The molecule has 0 spiro atoms. The van der Waals surface area contributed by atoms with Crippen LogP contribution in [0.4, 0.5) is 4.79 Å². The maximum atomic E-state index is 11.4. The lowest BCUT2D eigenvalue weighted by atomic mass is 9.98. The normalized spacial score (nSPS) is 13.0. The average molecular weight is 352 g/mol. The number of rotatable bonds is 8. The van der Waals surface area contributed by atoms with Crippen molar-refractivity contribution in [3.05, 3.63) is 24.5 Å². The topological polar surface area (TPSA) is 60.8 Å². The minimum Gasteiger partial charge on any atom is -0.472 e. The third-order valence-electron chi connectivity index (χ3n) is 3.53. The van der Waals surface area contributed by atoms with Gasteiger partial charge in [-0.15, -0.1) is 4.99 Å². The molecule has 0 saturated heterocycles. The Morgan fingerprint density at radius 3 is 2.54 bits per heavy atom. The number of aliphatic imine (C=N–C) groups is 1. The van der Waals surface area contributed by atoms with Gasteiger partial charge in [-0.2, -0.15) is 0 Å². The lowest BCUT2D eigenvalue weighted by molar-refractivity contribution is 0.181. The van der Waals surface area contributed by atoms with Gasteiger partial charge in [-0.05, 0) is 42.2 Å². The molecule has 0 aliphatic heterocycles. The summed E-state index contributed by atoms with van der Waals surface area (Å²) in [7, 11) is 1.30. The van der Waals surface area contributed by atoms with Crippen molar-refractivity contribution >= 4 is 23.1 Å².